The van der Waals surface area contributed by atoms with E-state index in [0.29, 0.717) is 10.6 Å². The molecule has 1 radical (unpaired) electrons. The molecule has 0 amide bonds. The van der Waals surface area contributed by atoms with Crippen LogP contribution < -0.4 is 0 Å². The first kappa shape index (κ1) is 12.1. The molecule has 0 saturated heterocycles. The summed E-state index contributed by atoms with van der Waals surface area (Å²) in [6.07, 6.45) is 1.26. The van der Waals surface area contributed by atoms with E-state index in [9.17, 15) is 0 Å². The molecule has 0 nitrogen and oxygen atoms in total. The highest BCUT2D eigenvalue weighted by Gasteiger charge is 2.30. The van der Waals surface area contributed by atoms with E-state index >= 15 is 0 Å². The minimum Gasteiger partial charge on any atom is -0.0674 e. The number of hydrogen-bond acceptors (Lipinski definition) is 0. The molecular formula is C11H24B. The van der Waals surface area contributed by atoms with Crippen molar-refractivity contribution in [2.24, 2.45) is 5.92 Å². The second-order valence-corrected chi connectivity index (χ2v) is 5.64. The summed E-state index contributed by atoms with van der Waals surface area (Å²) < 4.78 is 0. The average Bonchev–Trinajstić information content (AvgIpc) is 1.80. The monoisotopic (exact) mass is 167 g/mol. The third kappa shape index (κ3) is 4.18. The van der Waals surface area contributed by atoms with Crippen LogP contribution in [0.5, 0.6) is 0 Å². The van der Waals surface area contributed by atoms with Crippen LogP contribution >= 0.6 is 0 Å². The van der Waals surface area contributed by atoms with E-state index in [1.165, 1.54) is 6.42 Å². The van der Waals surface area contributed by atoms with Gasteiger partial charge in [0.15, 0.2) is 0 Å². The molecule has 0 spiro atoms. The lowest BCUT2D eigenvalue weighted by Gasteiger charge is -2.36. The molecule has 0 heterocycles. The zero-order valence-electron chi connectivity index (χ0n) is 9.86. The smallest absolute Gasteiger partial charge is 0.0674 e. The highest BCUT2D eigenvalue weighted by Crippen LogP contribution is 2.42. The molecule has 0 aliphatic carbocycles. The van der Waals surface area contributed by atoms with Gasteiger partial charge in [-0.05, 0) is 5.92 Å². The first-order valence-electron chi connectivity index (χ1n) is 5.06. The van der Waals surface area contributed by atoms with E-state index in [1.807, 2.05) is 0 Å². The van der Waals surface area contributed by atoms with Crippen molar-refractivity contribution in [1.29, 1.82) is 0 Å². The van der Waals surface area contributed by atoms with Crippen LogP contribution in [0.15, 0.2) is 0 Å². The fourth-order valence-corrected chi connectivity index (χ4v) is 1.78. The molecule has 0 aliphatic rings. The molecule has 0 aromatic heterocycles. The summed E-state index contributed by atoms with van der Waals surface area (Å²) in [6, 6.07) is 0. The summed E-state index contributed by atoms with van der Waals surface area (Å²) in [5, 5.41) is 0.708. The van der Waals surface area contributed by atoms with E-state index in [4.69, 9.17) is 0 Å². The van der Waals surface area contributed by atoms with Crippen LogP contribution in [0.4, 0.5) is 0 Å². The molecule has 0 saturated carbocycles. The second-order valence-electron chi connectivity index (χ2n) is 5.64. The average molecular weight is 167 g/mol. The summed E-state index contributed by atoms with van der Waals surface area (Å²) in [6.45, 7) is 16.1. The summed E-state index contributed by atoms with van der Waals surface area (Å²) in [4.78, 5) is 0. The Morgan fingerprint density at radius 2 is 1.50 bits per heavy atom. The molecule has 0 fully saturated rings. The van der Waals surface area contributed by atoms with Crippen LogP contribution in [0.3, 0.4) is 0 Å². The second kappa shape index (κ2) is 3.85. The van der Waals surface area contributed by atoms with Gasteiger partial charge < -0.3 is 0 Å². The van der Waals surface area contributed by atoms with Crippen molar-refractivity contribution in [1.82, 2.24) is 0 Å². The van der Waals surface area contributed by atoms with Gasteiger partial charge in [-0.1, -0.05) is 65.5 Å². The Hall–Kier alpha value is 0.0649. The highest BCUT2D eigenvalue weighted by atomic mass is 14.2. The summed E-state index contributed by atoms with van der Waals surface area (Å²) in [7, 11) is 2.48. The minimum absolute atomic E-state index is 0.340. The van der Waals surface area contributed by atoms with Crippen molar-refractivity contribution in [3.8, 4) is 0 Å². The zero-order valence-corrected chi connectivity index (χ0v) is 9.86. The van der Waals surface area contributed by atoms with Gasteiger partial charge in [0.25, 0.3) is 0 Å². The Labute approximate surface area is 79.4 Å². The van der Waals surface area contributed by atoms with Gasteiger partial charge in [0.2, 0.25) is 0 Å². The van der Waals surface area contributed by atoms with E-state index < -0.39 is 0 Å². The number of hydrogen-bond donors (Lipinski definition) is 0. The van der Waals surface area contributed by atoms with Crippen LogP contribution in [0.25, 0.3) is 0 Å². The summed E-state index contributed by atoms with van der Waals surface area (Å²) >= 11 is 0. The lowest BCUT2D eigenvalue weighted by Crippen LogP contribution is -2.27. The maximum Gasteiger partial charge on any atom is 0.124 e. The van der Waals surface area contributed by atoms with Gasteiger partial charge in [-0.15, -0.1) is 0 Å². The Kier molecular flexibility index (Phi) is 3.87. The van der Waals surface area contributed by atoms with Crippen molar-refractivity contribution in [2.75, 3.05) is 0 Å². The first-order chi connectivity index (χ1) is 5.19. The lowest BCUT2D eigenvalue weighted by molar-refractivity contribution is 0.413. The molecule has 0 aliphatic heterocycles. The molecule has 71 valence electrons. The van der Waals surface area contributed by atoms with Crippen molar-refractivity contribution < 1.29 is 0 Å². The van der Waals surface area contributed by atoms with Gasteiger partial charge in [-0.3, -0.25) is 0 Å². The van der Waals surface area contributed by atoms with Crippen molar-refractivity contribution >= 4 is 7.28 Å². The first-order valence-corrected chi connectivity index (χ1v) is 5.06. The predicted molar refractivity (Wildman–Crippen MR) is 59.0 cm³/mol. The van der Waals surface area contributed by atoms with Crippen LogP contribution in [-0.4, -0.2) is 7.28 Å². The SMILES string of the molecule is CCC(C)C(C)(C)[B]C(C)(C)C. The van der Waals surface area contributed by atoms with Crippen LogP contribution in [0, 0.1) is 5.92 Å². The Morgan fingerprint density at radius 1 is 1.08 bits per heavy atom. The van der Waals surface area contributed by atoms with Crippen LogP contribution in [-0.2, 0) is 0 Å². The summed E-state index contributed by atoms with van der Waals surface area (Å²) in [5.74, 6) is 0.775. The third-order valence-electron chi connectivity index (χ3n) is 2.69. The fourth-order valence-electron chi connectivity index (χ4n) is 1.78. The predicted octanol–water partition coefficient (Wildman–Crippen LogP) is 4.15. The van der Waals surface area contributed by atoms with Crippen molar-refractivity contribution in [2.45, 2.75) is 65.5 Å². The molecule has 0 N–H and O–H groups in total. The Bertz CT molecular complexity index is 130. The standard InChI is InChI=1S/C11H24B/c1-8-9(2)11(6,7)12-10(3,4)5/h9H,8H2,1-7H3. The molecule has 1 unspecified atom stereocenters. The normalized spacial score (nSPS) is 15.9. The Balaban J connectivity index is 4.22. The molecule has 0 bridgehead atoms. The van der Waals surface area contributed by atoms with E-state index in [-0.39, 0.29) is 0 Å². The number of rotatable bonds is 3. The van der Waals surface area contributed by atoms with Gasteiger partial charge >= 0.3 is 0 Å². The third-order valence-corrected chi connectivity index (χ3v) is 2.69. The van der Waals surface area contributed by atoms with E-state index in [2.05, 4.69) is 55.7 Å². The molecule has 0 rings (SSSR count). The molecule has 1 atom stereocenters. The molecule has 0 aromatic rings. The molecule has 12 heavy (non-hydrogen) atoms. The maximum absolute atomic E-state index is 2.48. The van der Waals surface area contributed by atoms with Crippen LogP contribution in [0.1, 0.15) is 54.9 Å². The van der Waals surface area contributed by atoms with Gasteiger partial charge in [0, 0.05) is 0 Å². The zero-order chi connectivity index (χ0) is 9.99. The van der Waals surface area contributed by atoms with Crippen molar-refractivity contribution in [3.05, 3.63) is 0 Å². The molecular weight excluding hydrogens is 143 g/mol. The molecule has 1 heteroatoms. The minimum atomic E-state index is 0.340. The van der Waals surface area contributed by atoms with Gasteiger partial charge in [0.05, 0.1) is 0 Å². The van der Waals surface area contributed by atoms with E-state index in [0.717, 1.165) is 5.92 Å². The van der Waals surface area contributed by atoms with E-state index in [1.54, 1.807) is 0 Å². The summed E-state index contributed by atoms with van der Waals surface area (Å²) in [5.41, 5.74) is 0. The topological polar surface area (TPSA) is 0 Å². The van der Waals surface area contributed by atoms with Crippen molar-refractivity contribution in [3.63, 3.8) is 0 Å². The van der Waals surface area contributed by atoms with Crippen LogP contribution in [0.2, 0.25) is 10.6 Å². The van der Waals surface area contributed by atoms with Gasteiger partial charge in [0.1, 0.15) is 7.28 Å². The molecule has 0 aromatic carbocycles. The Morgan fingerprint density at radius 3 is 1.75 bits per heavy atom. The quantitative estimate of drug-likeness (QED) is 0.554. The lowest BCUT2D eigenvalue weighted by atomic mass is 9.38. The highest BCUT2D eigenvalue weighted by molar-refractivity contribution is 6.43. The van der Waals surface area contributed by atoms with Gasteiger partial charge in [-0.25, -0.2) is 0 Å². The van der Waals surface area contributed by atoms with Gasteiger partial charge in [-0.2, -0.15) is 0 Å². The largest absolute Gasteiger partial charge is 0.124 e. The fraction of sp³-hybridized carbons (Fsp3) is 1.00. The maximum atomic E-state index is 2.48.